The number of pyridine rings is 1. The molecule has 0 atom stereocenters. The van der Waals surface area contributed by atoms with Crippen LogP contribution in [0, 0.1) is 0 Å². The van der Waals surface area contributed by atoms with Crippen LogP contribution in [0.1, 0.15) is 22.3 Å². The van der Waals surface area contributed by atoms with E-state index in [1.807, 2.05) is 18.2 Å². The summed E-state index contributed by atoms with van der Waals surface area (Å²) in [5.41, 5.74) is 1.53. The monoisotopic (exact) mass is 380 g/mol. The lowest BCUT2D eigenvalue weighted by molar-refractivity contribution is 0.0985. The molecule has 0 saturated carbocycles. The first kappa shape index (κ1) is 18.0. The summed E-state index contributed by atoms with van der Waals surface area (Å²) in [5, 5.41) is 0.238. The second-order valence-electron chi connectivity index (χ2n) is 6.86. The van der Waals surface area contributed by atoms with Crippen molar-refractivity contribution in [3.63, 3.8) is 0 Å². The van der Waals surface area contributed by atoms with Gasteiger partial charge in [0.2, 0.25) is 0 Å². The van der Waals surface area contributed by atoms with E-state index >= 15 is 0 Å². The molecule has 0 radical (unpaired) electrons. The summed E-state index contributed by atoms with van der Waals surface area (Å²) in [4.78, 5) is 43.7. The molecule has 8 heteroatoms. The molecule has 3 heterocycles. The van der Waals surface area contributed by atoms with Crippen molar-refractivity contribution >= 4 is 22.6 Å². The number of rotatable bonds is 2. The number of amides is 1. The smallest absolute Gasteiger partial charge is 0.332 e. The standard InChI is InChI=1S/C20H20N4O4/c1-22-17-15(19(26)23(2)20(22)27)10-13(11-21-17)18(25)24-8-4-5-12-9-14(28-3)6-7-16(12)24/h6-7,9-11H,4-5,8H2,1-3H3. The van der Waals surface area contributed by atoms with Gasteiger partial charge in [-0.2, -0.15) is 0 Å². The van der Waals surface area contributed by atoms with Crippen molar-refractivity contribution < 1.29 is 9.53 Å². The van der Waals surface area contributed by atoms with Crippen LogP contribution in [0.15, 0.2) is 40.1 Å². The van der Waals surface area contributed by atoms with Crippen LogP contribution in [0.2, 0.25) is 0 Å². The van der Waals surface area contributed by atoms with Crippen LogP contribution in [0.5, 0.6) is 5.75 Å². The number of anilines is 1. The number of fused-ring (bicyclic) bond motifs is 2. The molecule has 4 rings (SSSR count). The van der Waals surface area contributed by atoms with Crippen LogP contribution in [0.4, 0.5) is 5.69 Å². The first-order chi connectivity index (χ1) is 13.4. The van der Waals surface area contributed by atoms with E-state index in [2.05, 4.69) is 4.98 Å². The van der Waals surface area contributed by atoms with Crippen LogP contribution < -0.4 is 20.9 Å². The first-order valence-electron chi connectivity index (χ1n) is 8.97. The summed E-state index contributed by atoms with van der Waals surface area (Å²) >= 11 is 0. The van der Waals surface area contributed by atoms with Crippen molar-refractivity contribution in [3.8, 4) is 5.75 Å². The Hall–Kier alpha value is -3.42. The summed E-state index contributed by atoms with van der Waals surface area (Å²) in [6.07, 6.45) is 3.12. The van der Waals surface area contributed by atoms with E-state index in [1.54, 1.807) is 19.1 Å². The van der Waals surface area contributed by atoms with Crippen molar-refractivity contribution in [3.05, 3.63) is 62.4 Å². The van der Waals surface area contributed by atoms with Crippen LogP contribution in [0.25, 0.3) is 11.0 Å². The minimum Gasteiger partial charge on any atom is -0.497 e. The Morgan fingerprint density at radius 1 is 1.14 bits per heavy atom. The van der Waals surface area contributed by atoms with Crippen LogP contribution in [-0.4, -0.2) is 33.7 Å². The summed E-state index contributed by atoms with van der Waals surface area (Å²) < 4.78 is 7.59. The molecule has 1 aromatic carbocycles. The van der Waals surface area contributed by atoms with E-state index in [-0.39, 0.29) is 16.9 Å². The largest absolute Gasteiger partial charge is 0.497 e. The molecule has 0 fully saturated rings. The summed E-state index contributed by atoms with van der Waals surface area (Å²) in [7, 11) is 4.57. The van der Waals surface area contributed by atoms with E-state index in [0.29, 0.717) is 12.1 Å². The predicted octanol–water partition coefficient (Wildman–Crippen LogP) is 1.23. The molecule has 28 heavy (non-hydrogen) atoms. The zero-order valence-corrected chi connectivity index (χ0v) is 15.9. The highest BCUT2D eigenvalue weighted by atomic mass is 16.5. The van der Waals surface area contributed by atoms with Gasteiger partial charge in [0.25, 0.3) is 11.5 Å². The molecule has 0 bridgehead atoms. The minimum absolute atomic E-state index is 0.226. The number of ether oxygens (including phenoxy) is 1. The second-order valence-corrected chi connectivity index (χ2v) is 6.86. The van der Waals surface area contributed by atoms with E-state index in [9.17, 15) is 14.4 Å². The number of carbonyl (C=O) groups is 1. The van der Waals surface area contributed by atoms with Gasteiger partial charge in [-0.15, -0.1) is 0 Å². The lowest BCUT2D eigenvalue weighted by atomic mass is 10.0. The fourth-order valence-corrected chi connectivity index (χ4v) is 3.65. The molecule has 0 spiro atoms. The Kier molecular flexibility index (Phi) is 4.26. The number of methoxy groups -OCH3 is 1. The van der Waals surface area contributed by atoms with Crippen LogP contribution >= 0.6 is 0 Å². The number of carbonyl (C=O) groups excluding carboxylic acids is 1. The number of benzene rings is 1. The molecule has 0 saturated heterocycles. The highest BCUT2D eigenvalue weighted by Crippen LogP contribution is 2.31. The molecule has 1 amide bonds. The van der Waals surface area contributed by atoms with E-state index in [1.165, 1.54) is 23.9 Å². The predicted molar refractivity (Wildman–Crippen MR) is 105 cm³/mol. The zero-order valence-electron chi connectivity index (χ0n) is 15.9. The van der Waals surface area contributed by atoms with Gasteiger partial charge in [0.05, 0.1) is 18.1 Å². The highest BCUT2D eigenvalue weighted by Gasteiger charge is 2.25. The molecule has 0 N–H and O–H groups in total. The van der Waals surface area contributed by atoms with Crippen molar-refractivity contribution in [2.75, 3.05) is 18.6 Å². The molecule has 8 nitrogen and oxygen atoms in total. The van der Waals surface area contributed by atoms with Crippen molar-refractivity contribution in [1.29, 1.82) is 0 Å². The van der Waals surface area contributed by atoms with Gasteiger partial charge >= 0.3 is 5.69 Å². The highest BCUT2D eigenvalue weighted by molar-refractivity contribution is 6.07. The molecule has 3 aromatic rings. The topological polar surface area (TPSA) is 86.4 Å². The second kappa shape index (κ2) is 6.63. The normalized spacial score (nSPS) is 13.5. The SMILES string of the molecule is COc1ccc2c(c1)CCCN2C(=O)c1cnc2c(c1)c(=O)n(C)c(=O)n2C. The Labute approximate surface area is 160 Å². The molecule has 0 aliphatic carbocycles. The number of nitrogens with zero attached hydrogens (tertiary/aromatic N) is 4. The number of aryl methyl sites for hydroxylation is 2. The van der Waals surface area contributed by atoms with Gasteiger partial charge in [-0.1, -0.05) is 0 Å². The Bertz CT molecular complexity index is 1230. The Morgan fingerprint density at radius 3 is 2.68 bits per heavy atom. The average Bonchev–Trinajstić information content (AvgIpc) is 2.74. The maximum absolute atomic E-state index is 13.2. The summed E-state index contributed by atoms with van der Waals surface area (Å²) in [5.74, 6) is 0.529. The zero-order chi connectivity index (χ0) is 20.0. The van der Waals surface area contributed by atoms with Crippen molar-refractivity contribution in [1.82, 2.24) is 14.1 Å². The lowest BCUT2D eigenvalue weighted by Crippen LogP contribution is -2.38. The van der Waals surface area contributed by atoms with Crippen molar-refractivity contribution in [2.45, 2.75) is 12.8 Å². The van der Waals surface area contributed by atoms with Crippen LogP contribution in [-0.2, 0) is 20.5 Å². The summed E-state index contributed by atoms with van der Waals surface area (Å²) in [6.45, 7) is 0.585. The molecule has 0 unspecified atom stereocenters. The third kappa shape index (κ3) is 2.69. The number of hydrogen-bond acceptors (Lipinski definition) is 5. The van der Waals surface area contributed by atoms with Crippen molar-refractivity contribution in [2.24, 2.45) is 14.1 Å². The van der Waals surface area contributed by atoms with Gasteiger partial charge in [-0.3, -0.25) is 18.7 Å². The van der Waals surface area contributed by atoms with E-state index in [0.717, 1.165) is 34.4 Å². The number of hydrogen-bond donors (Lipinski definition) is 0. The molecule has 144 valence electrons. The van der Waals surface area contributed by atoms with Gasteiger partial charge in [-0.05, 0) is 42.7 Å². The summed E-state index contributed by atoms with van der Waals surface area (Å²) in [6, 6.07) is 7.17. The third-order valence-corrected chi connectivity index (χ3v) is 5.19. The Morgan fingerprint density at radius 2 is 1.93 bits per heavy atom. The van der Waals surface area contributed by atoms with Gasteiger partial charge in [0, 0.05) is 32.5 Å². The quantitative estimate of drug-likeness (QED) is 0.668. The van der Waals surface area contributed by atoms with E-state index in [4.69, 9.17) is 4.74 Å². The van der Waals surface area contributed by atoms with Gasteiger partial charge in [0.1, 0.15) is 11.4 Å². The average molecular weight is 380 g/mol. The van der Waals surface area contributed by atoms with Gasteiger partial charge < -0.3 is 9.64 Å². The molecule has 1 aliphatic heterocycles. The third-order valence-electron chi connectivity index (χ3n) is 5.19. The maximum atomic E-state index is 13.2. The van der Waals surface area contributed by atoms with Gasteiger partial charge in [-0.25, -0.2) is 9.78 Å². The van der Waals surface area contributed by atoms with E-state index < -0.39 is 11.2 Å². The molecule has 1 aliphatic rings. The first-order valence-corrected chi connectivity index (χ1v) is 8.97. The fourth-order valence-electron chi connectivity index (χ4n) is 3.65. The lowest BCUT2D eigenvalue weighted by Gasteiger charge is -2.29. The molecular weight excluding hydrogens is 360 g/mol. The Balaban J connectivity index is 1.81. The fraction of sp³-hybridized carbons (Fsp3) is 0.300. The molecular formula is C20H20N4O4. The minimum atomic E-state index is -0.468. The molecule has 2 aromatic heterocycles. The number of aromatic nitrogens is 3. The van der Waals surface area contributed by atoms with Gasteiger partial charge in [0.15, 0.2) is 0 Å². The maximum Gasteiger partial charge on any atom is 0.332 e. The van der Waals surface area contributed by atoms with Crippen LogP contribution in [0.3, 0.4) is 0 Å².